The molecule has 2 aromatic rings. The summed E-state index contributed by atoms with van der Waals surface area (Å²) in [6.45, 7) is 9.78. The minimum Gasteiger partial charge on any atom is -0.493 e. The topological polar surface area (TPSA) is 128 Å². The van der Waals surface area contributed by atoms with Crippen LogP contribution >= 0.6 is 0 Å². The molecule has 1 aromatic heterocycles. The van der Waals surface area contributed by atoms with Gasteiger partial charge in [-0.3, -0.25) is 4.98 Å². The molecule has 0 spiro atoms. The lowest BCUT2D eigenvalue weighted by Crippen LogP contribution is -2.45. The van der Waals surface area contributed by atoms with Gasteiger partial charge in [-0.25, -0.2) is 9.52 Å². The average molecular weight is 553 g/mol. The Balaban J connectivity index is 1.61. The molecule has 0 radical (unpaired) electrons. The Hall–Kier alpha value is -2.83. The molecule has 1 fully saturated rings. The zero-order valence-corrected chi connectivity index (χ0v) is 23.9. The standard InChI is InChI=1S/C26H40N4O7S/c1-18(17-28-38(32,33)29-25(31)37-26(2,3)4)19-8-11-30(12-9-19)22-7-10-27-21-16-23(35-6)24(15-20(21)22)36-14-13-34-5/h7,10,15-16,18-19,28H,8-9,11-14,17H2,1-6H3,(H,29,31). The number of rotatable bonds is 11. The Morgan fingerprint density at radius 1 is 1.16 bits per heavy atom. The van der Waals surface area contributed by atoms with E-state index in [4.69, 9.17) is 18.9 Å². The Bertz CT molecular complexity index is 1190. The number of hydrogen-bond acceptors (Lipinski definition) is 9. The summed E-state index contributed by atoms with van der Waals surface area (Å²) in [5.41, 5.74) is 1.11. The van der Waals surface area contributed by atoms with E-state index in [0.29, 0.717) is 30.6 Å². The first kappa shape index (κ1) is 29.7. The van der Waals surface area contributed by atoms with E-state index in [-0.39, 0.29) is 12.5 Å². The van der Waals surface area contributed by atoms with Crippen LogP contribution in [0.5, 0.6) is 11.5 Å². The van der Waals surface area contributed by atoms with Gasteiger partial charge in [-0.15, -0.1) is 0 Å². The van der Waals surface area contributed by atoms with E-state index in [0.717, 1.165) is 42.5 Å². The fraction of sp³-hybridized carbons (Fsp3) is 0.615. The number of nitrogens with one attached hydrogen (secondary N) is 2. The fourth-order valence-electron chi connectivity index (χ4n) is 4.48. The maximum absolute atomic E-state index is 12.3. The SMILES string of the molecule is COCCOc1cc2c(N3CCC(C(C)CNS(=O)(=O)NC(=O)OC(C)(C)C)CC3)ccnc2cc1OC. The minimum atomic E-state index is -4.01. The molecule has 11 nitrogen and oxygen atoms in total. The molecule has 1 atom stereocenters. The highest BCUT2D eigenvalue weighted by atomic mass is 32.2. The predicted molar refractivity (Wildman–Crippen MR) is 146 cm³/mol. The zero-order valence-electron chi connectivity index (χ0n) is 23.1. The van der Waals surface area contributed by atoms with Crippen molar-refractivity contribution < 1.29 is 32.2 Å². The van der Waals surface area contributed by atoms with E-state index >= 15 is 0 Å². The van der Waals surface area contributed by atoms with Gasteiger partial charge in [-0.05, 0) is 57.6 Å². The van der Waals surface area contributed by atoms with Crippen LogP contribution in [0.4, 0.5) is 10.5 Å². The van der Waals surface area contributed by atoms with E-state index in [1.807, 2.05) is 29.8 Å². The minimum absolute atomic E-state index is 0.0894. The quantitative estimate of drug-likeness (QED) is 0.403. The lowest BCUT2D eigenvalue weighted by molar-refractivity contribution is 0.0569. The third-order valence-electron chi connectivity index (χ3n) is 6.45. The van der Waals surface area contributed by atoms with Gasteiger partial charge in [0.05, 0.1) is 19.2 Å². The largest absolute Gasteiger partial charge is 0.493 e. The van der Waals surface area contributed by atoms with Crippen molar-refractivity contribution in [2.24, 2.45) is 11.8 Å². The molecule has 1 aliphatic rings. The maximum atomic E-state index is 12.3. The Labute approximate surface area is 225 Å². The summed E-state index contributed by atoms with van der Waals surface area (Å²) in [6, 6.07) is 5.86. The van der Waals surface area contributed by atoms with Gasteiger partial charge < -0.3 is 23.8 Å². The molecular formula is C26H40N4O7S. The number of hydrogen-bond donors (Lipinski definition) is 2. The smallest absolute Gasteiger partial charge is 0.422 e. The van der Waals surface area contributed by atoms with Crippen molar-refractivity contribution in [3.63, 3.8) is 0 Å². The fourth-order valence-corrected chi connectivity index (χ4v) is 5.30. The lowest BCUT2D eigenvalue weighted by Gasteiger charge is -2.36. The molecule has 0 aliphatic carbocycles. The Morgan fingerprint density at radius 3 is 2.50 bits per heavy atom. The van der Waals surface area contributed by atoms with E-state index in [1.54, 1.807) is 41.2 Å². The van der Waals surface area contributed by atoms with Crippen LogP contribution in [0.2, 0.25) is 0 Å². The van der Waals surface area contributed by atoms with E-state index < -0.39 is 21.9 Å². The van der Waals surface area contributed by atoms with Gasteiger partial charge in [-0.2, -0.15) is 13.1 Å². The molecule has 0 saturated carbocycles. The number of carbonyl (C=O) groups excluding carboxylic acids is 1. The highest BCUT2D eigenvalue weighted by Gasteiger charge is 2.27. The second kappa shape index (κ2) is 12.8. The summed E-state index contributed by atoms with van der Waals surface area (Å²) < 4.78 is 50.4. The molecule has 1 aromatic carbocycles. The van der Waals surface area contributed by atoms with Crippen LogP contribution < -0.4 is 23.8 Å². The number of nitrogens with zero attached hydrogens (tertiary/aromatic N) is 2. The third kappa shape index (κ3) is 8.34. The van der Waals surface area contributed by atoms with Gasteiger partial charge in [0, 0.05) is 50.1 Å². The van der Waals surface area contributed by atoms with Crippen molar-refractivity contribution >= 4 is 32.9 Å². The van der Waals surface area contributed by atoms with E-state index in [2.05, 4.69) is 14.6 Å². The van der Waals surface area contributed by atoms with Crippen LogP contribution in [0.15, 0.2) is 24.4 Å². The number of carbonyl (C=O) groups is 1. The number of piperidine rings is 1. The first-order valence-corrected chi connectivity index (χ1v) is 14.2. The van der Waals surface area contributed by atoms with Crippen molar-refractivity contribution in [2.45, 2.75) is 46.1 Å². The number of ether oxygens (including phenoxy) is 4. The second-order valence-corrected chi connectivity index (χ2v) is 11.9. The number of fused-ring (bicyclic) bond motifs is 1. The Kier molecular flexibility index (Phi) is 10.0. The van der Waals surface area contributed by atoms with Gasteiger partial charge in [0.1, 0.15) is 12.2 Å². The van der Waals surface area contributed by atoms with Gasteiger partial charge in [-0.1, -0.05) is 6.92 Å². The first-order valence-electron chi connectivity index (χ1n) is 12.8. The highest BCUT2D eigenvalue weighted by Crippen LogP contribution is 2.37. The normalized spacial score (nSPS) is 15.8. The summed E-state index contributed by atoms with van der Waals surface area (Å²) >= 11 is 0. The lowest BCUT2D eigenvalue weighted by atomic mass is 9.85. The van der Waals surface area contributed by atoms with Crippen LogP contribution in [0, 0.1) is 11.8 Å². The summed E-state index contributed by atoms with van der Waals surface area (Å²) in [7, 11) is -0.772. The molecule has 12 heteroatoms. The van der Waals surface area contributed by atoms with Crippen LogP contribution in [0.1, 0.15) is 40.5 Å². The average Bonchev–Trinajstić information content (AvgIpc) is 2.85. The monoisotopic (exact) mass is 552 g/mol. The number of pyridine rings is 1. The van der Waals surface area contributed by atoms with Crippen molar-refractivity contribution in [1.82, 2.24) is 14.4 Å². The highest BCUT2D eigenvalue weighted by molar-refractivity contribution is 7.88. The molecular weight excluding hydrogens is 512 g/mol. The van der Waals surface area contributed by atoms with E-state index in [9.17, 15) is 13.2 Å². The summed E-state index contributed by atoms with van der Waals surface area (Å²) in [6.07, 6.45) is 2.60. The second-order valence-electron chi connectivity index (χ2n) is 10.4. The molecule has 1 amide bonds. The predicted octanol–water partition coefficient (Wildman–Crippen LogP) is 3.48. The molecule has 3 rings (SSSR count). The molecule has 212 valence electrons. The van der Waals surface area contributed by atoms with E-state index in [1.165, 1.54) is 0 Å². The number of amides is 1. The van der Waals surface area contributed by atoms with Crippen molar-refractivity contribution in [2.75, 3.05) is 52.0 Å². The molecule has 2 heterocycles. The van der Waals surface area contributed by atoms with Crippen LogP contribution in [0.3, 0.4) is 0 Å². The molecule has 1 saturated heterocycles. The van der Waals surface area contributed by atoms with Crippen LogP contribution in [-0.2, 0) is 19.7 Å². The molecule has 1 aliphatic heterocycles. The molecule has 1 unspecified atom stereocenters. The first-order chi connectivity index (χ1) is 17.9. The van der Waals surface area contributed by atoms with Gasteiger partial charge in [0.15, 0.2) is 11.5 Å². The van der Waals surface area contributed by atoms with Crippen molar-refractivity contribution in [3.05, 3.63) is 24.4 Å². The number of methoxy groups -OCH3 is 2. The van der Waals surface area contributed by atoms with Crippen LogP contribution in [0.25, 0.3) is 10.9 Å². The van der Waals surface area contributed by atoms with Crippen LogP contribution in [-0.4, -0.2) is 72.2 Å². The van der Waals surface area contributed by atoms with Crippen molar-refractivity contribution in [3.8, 4) is 11.5 Å². The summed E-state index contributed by atoms with van der Waals surface area (Å²) in [5, 5.41) is 0.980. The number of aromatic nitrogens is 1. The Morgan fingerprint density at radius 2 is 1.87 bits per heavy atom. The third-order valence-corrected chi connectivity index (χ3v) is 7.43. The molecule has 38 heavy (non-hydrogen) atoms. The molecule has 2 N–H and O–H groups in total. The zero-order chi connectivity index (χ0) is 27.9. The maximum Gasteiger partial charge on any atom is 0.422 e. The number of anilines is 1. The van der Waals surface area contributed by atoms with Crippen molar-refractivity contribution in [1.29, 1.82) is 0 Å². The van der Waals surface area contributed by atoms with Gasteiger partial charge >= 0.3 is 16.3 Å². The summed E-state index contributed by atoms with van der Waals surface area (Å²) in [4.78, 5) is 18.7. The van der Waals surface area contributed by atoms with Gasteiger partial charge in [0.25, 0.3) is 0 Å². The summed E-state index contributed by atoms with van der Waals surface area (Å²) in [5.74, 6) is 1.68. The number of benzene rings is 1. The van der Waals surface area contributed by atoms with Gasteiger partial charge in [0.2, 0.25) is 0 Å². The molecule has 0 bridgehead atoms.